The van der Waals surface area contributed by atoms with Crippen molar-refractivity contribution in [2.75, 3.05) is 7.05 Å². The number of urea groups is 1. The smallest absolute Gasteiger partial charge is 0.340 e. The van der Waals surface area contributed by atoms with E-state index >= 15 is 0 Å². The molecule has 0 bridgehead atoms. The molecule has 0 aromatic carbocycles. The van der Waals surface area contributed by atoms with Gasteiger partial charge in [0.15, 0.2) is 0 Å². The van der Waals surface area contributed by atoms with E-state index in [0.29, 0.717) is 0 Å². The molecule has 2 aliphatic heterocycles. The van der Waals surface area contributed by atoms with Crippen LogP contribution in [-0.4, -0.2) is 36.2 Å². The number of hydrogen-bond acceptors (Lipinski definition) is 3. The minimum absolute atomic E-state index is 0.315. The van der Waals surface area contributed by atoms with Gasteiger partial charge in [-0.25, -0.2) is 9.79 Å². The number of fused-ring (bicyclic) bond motifs is 1. The summed E-state index contributed by atoms with van der Waals surface area (Å²) in [7, 11) is 1.52. The Labute approximate surface area is 82.6 Å². The van der Waals surface area contributed by atoms with Crippen LogP contribution in [-0.2, 0) is 0 Å². The fourth-order valence-electron chi connectivity index (χ4n) is 1.41. The molecule has 0 spiro atoms. The second-order valence-electron chi connectivity index (χ2n) is 3.24. The molecule has 1 fully saturated rings. The number of aliphatic imine (C=N–C) groups is 1. The maximum Gasteiger partial charge on any atom is 0.438 e. The van der Waals surface area contributed by atoms with Crippen molar-refractivity contribution in [2.24, 2.45) is 4.99 Å². The molecule has 1 atom stereocenters. The minimum Gasteiger partial charge on any atom is -0.340 e. The SMILES string of the molecule is CN1C=NC2(C(F)(F)F)NC(=O)NC2=C1. The number of amides is 2. The lowest BCUT2D eigenvalue weighted by atomic mass is 10.1. The van der Waals surface area contributed by atoms with E-state index in [-0.39, 0.29) is 5.70 Å². The Bertz CT molecular complexity index is 375. The Morgan fingerprint density at radius 3 is 2.80 bits per heavy atom. The molecule has 82 valence electrons. The Morgan fingerprint density at radius 1 is 1.53 bits per heavy atom. The van der Waals surface area contributed by atoms with Crippen LogP contribution in [0.25, 0.3) is 0 Å². The normalized spacial score (nSPS) is 29.5. The lowest BCUT2D eigenvalue weighted by molar-refractivity contribution is -0.177. The van der Waals surface area contributed by atoms with Gasteiger partial charge in [-0.05, 0) is 0 Å². The van der Waals surface area contributed by atoms with Crippen LogP contribution in [0.1, 0.15) is 0 Å². The topological polar surface area (TPSA) is 56.7 Å². The number of halogens is 3. The number of nitrogens with zero attached hydrogens (tertiary/aromatic N) is 2. The van der Waals surface area contributed by atoms with Crippen LogP contribution in [0, 0.1) is 0 Å². The molecule has 0 aromatic rings. The van der Waals surface area contributed by atoms with Crippen molar-refractivity contribution < 1.29 is 18.0 Å². The number of nitrogens with one attached hydrogen (secondary N) is 2. The number of carbonyl (C=O) groups is 1. The Morgan fingerprint density at radius 2 is 2.20 bits per heavy atom. The second-order valence-corrected chi connectivity index (χ2v) is 3.24. The van der Waals surface area contributed by atoms with Gasteiger partial charge in [0.25, 0.3) is 5.66 Å². The first kappa shape index (κ1) is 9.81. The summed E-state index contributed by atoms with van der Waals surface area (Å²) < 4.78 is 38.3. The molecule has 2 N–H and O–H groups in total. The van der Waals surface area contributed by atoms with Gasteiger partial charge < -0.3 is 15.5 Å². The van der Waals surface area contributed by atoms with E-state index in [1.54, 1.807) is 5.32 Å². The summed E-state index contributed by atoms with van der Waals surface area (Å²) in [6.07, 6.45) is -2.50. The van der Waals surface area contributed by atoms with Gasteiger partial charge in [0.2, 0.25) is 0 Å². The maximum absolute atomic E-state index is 12.8. The summed E-state index contributed by atoms with van der Waals surface area (Å²) in [6, 6.07) is -0.911. The minimum atomic E-state index is -4.67. The van der Waals surface area contributed by atoms with Gasteiger partial charge in [-0.3, -0.25) is 0 Å². The van der Waals surface area contributed by atoms with Crippen molar-refractivity contribution in [1.82, 2.24) is 15.5 Å². The molecule has 0 radical (unpaired) electrons. The van der Waals surface area contributed by atoms with E-state index < -0.39 is 17.9 Å². The summed E-state index contributed by atoms with van der Waals surface area (Å²) in [5.41, 5.74) is -2.96. The van der Waals surface area contributed by atoms with Gasteiger partial charge in [0.05, 0.1) is 12.0 Å². The molecular weight excluding hydrogens is 213 g/mol. The third kappa shape index (κ3) is 1.24. The molecule has 2 aliphatic rings. The first-order chi connectivity index (χ1) is 6.85. The first-order valence-corrected chi connectivity index (χ1v) is 4.01. The average molecular weight is 220 g/mol. The van der Waals surface area contributed by atoms with Crippen molar-refractivity contribution in [2.45, 2.75) is 11.8 Å². The van der Waals surface area contributed by atoms with Gasteiger partial charge >= 0.3 is 12.2 Å². The summed E-state index contributed by atoms with van der Waals surface area (Å²) in [4.78, 5) is 15.6. The first-order valence-electron chi connectivity index (χ1n) is 4.01. The highest BCUT2D eigenvalue weighted by Crippen LogP contribution is 2.39. The maximum atomic E-state index is 12.8. The zero-order valence-electron chi connectivity index (χ0n) is 7.59. The van der Waals surface area contributed by atoms with Gasteiger partial charge in [-0.2, -0.15) is 13.2 Å². The van der Waals surface area contributed by atoms with Crippen LogP contribution in [0.2, 0.25) is 0 Å². The quantitative estimate of drug-likeness (QED) is 0.619. The van der Waals surface area contributed by atoms with E-state index in [1.165, 1.54) is 18.1 Å². The number of carbonyl (C=O) groups excluding carboxylic acids is 1. The van der Waals surface area contributed by atoms with E-state index in [0.717, 1.165) is 6.34 Å². The predicted octanol–water partition coefficient (Wildman–Crippen LogP) is 0.373. The van der Waals surface area contributed by atoms with Gasteiger partial charge in [-0.1, -0.05) is 0 Å². The predicted molar refractivity (Wildman–Crippen MR) is 44.8 cm³/mol. The van der Waals surface area contributed by atoms with Crippen molar-refractivity contribution in [3.05, 3.63) is 11.9 Å². The van der Waals surface area contributed by atoms with Crippen LogP contribution in [0.5, 0.6) is 0 Å². The molecule has 2 heterocycles. The van der Waals surface area contributed by atoms with Crippen molar-refractivity contribution in [1.29, 1.82) is 0 Å². The lowest BCUT2D eigenvalue weighted by Crippen LogP contribution is -2.55. The fraction of sp³-hybridized carbons (Fsp3) is 0.429. The van der Waals surface area contributed by atoms with Crippen molar-refractivity contribution in [3.63, 3.8) is 0 Å². The van der Waals surface area contributed by atoms with Crippen molar-refractivity contribution >= 4 is 12.4 Å². The second kappa shape index (κ2) is 2.65. The Balaban J connectivity index is 2.50. The molecule has 8 heteroatoms. The molecule has 2 amide bonds. The zero-order valence-corrected chi connectivity index (χ0v) is 7.59. The van der Waals surface area contributed by atoms with E-state index in [4.69, 9.17) is 0 Å². The van der Waals surface area contributed by atoms with E-state index in [9.17, 15) is 18.0 Å². The monoisotopic (exact) mass is 220 g/mol. The number of hydrogen-bond donors (Lipinski definition) is 2. The highest BCUT2D eigenvalue weighted by molar-refractivity contribution is 5.83. The zero-order chi connectivity index (χ0) is 11.3. The lowest BCUT2D eigenvalue weighted by Gasteiger charge is -2.31. The standard InChI is InChI=1S/C7H7F3N4O/c1-14-2-4-6(11-3-14,7(8,9)10)13-5(15)12-4/h2-3H,1H3,(H2,12,13,15). The summed E-state index contributed by atoms with van der Waals surface area (Å²) in [6.45, 7) is 0. The van der Waals surface area contributed by atoms with E-state index in [1.807, 2.05) is 0 Å². The molecular formula is C7H7F3N4O. The largest absolute Gasteiger partial charge is 0.438 e. The van der Waals surface area contributed by atoms with Gasteiger partial charge in [0, 0.05) is 13.2 Å². The molecule has 1 saturated heterocycles. The third-order valence-corrected chi connectivity index (χ3v) is 2.11. The summed E-state index contributed by atoms with van der Waals surface area (Å²) in [5.74, 6) is 0. The molecule has 0 aromatic heterocycles. The van der Waals surface area contributed by atoms with Crippen molar-refractivity contribution in [3.8, 4) is 0 Å². The molecule has 0 saturated carbocycles. The van der Waals surface area contributed by atoms with Crippen LogP contribution in [0.15, 0.2) is 16.9 Å². The fourth-order valence-corrected chi connectivity index (χ4v) is 1.41. The van der Waals surface area contributed by atoms with Crippen LogP contribution in [0.3, 0.4) is 0 Å². The molecule has 1 unspecified atom stereocenters. The molecule has 5 nitrogen and oxygen atoms in total. The molecule has 15 heavy (non-hydrogen) atoms. The number of rotatable bonds is 0. The number of alkyl halides is 3. The van der Waals surface area contributed by atoms with E-state index in [2.05, 4.69) is 10.3 Å². The van der Waals surface area contributed by atoms with Crippen LogP contribution < -0.4 is 10.6 Å². The Kier molecular flexibility index (Phi) is 1.73. The Hall–Kier alpha value is -1.73. The van der Waals surface area contributed by atoms with Gasteiger partial charge in [0.1, 0.15) is 0 Å². The summed E-state index contributed by atoms with van der Waals surface area (Å²) >= 11 is 0. The highest BCUT2D eigenvalue weighted by Gasteiger charge is 2.63. The summed E-state index contributed by atoms with van der Waals surface area (Å²) in [5, 5.41) is 3.83. The molecule has 2 rings (SSSR count). The van der Waals surface area contributed by atoms with Gasteiger partial charge in [-0.15, -0.1) is 0 Å². The average Bonchev–Trinajstić information content (AvgIpc) is 2.40. The van der Waals surface area contributed by atoms with Crippen LogP contribution >= 0.6 is 0 Å². The molecule has 0 aliphatic carbocycles. The van der Waals surface area contributed by atoms with Crippen LogP contribution in [0.4, 0.5) is 18.0 Å². The third-order valence-electron chi connectivity index (χ3n) is 2.11. The highest BCUT2D eigenvalue weighted by atomic mass is 19.4.